The molecule has 1 aliphatic heterocycles. The van der Waals surface area contributed by atoms with Gasteiger partial charge < -0.3 is 14.8 Å². The molecule has 0 saturated carbocycles. The van der Waals surface area contributed by atoms with Gasteiger partial charge >= 0.3 is 5.97 Å². The minimum Gasteiger partial charge on any atom is -0.491 e. The Kier molecular flexibility index (Phi) is 4.83. The highest BCUT2D eigenvalue weighted by Crippen LogP contribution is 2.33. The molecule has 0 unspecified atom stereocenters. The van der Waals surface area contributed by atoms with E-state index in [0.717, 1.165) is 5.56 Å². The summed E-state index contributed by atoms with van der Waals surface area (Å²) in [5.41, 5.74) is -1.30. The molecule has 0 aromatic heterocycles. The predicted molar refractivity (Wildman–Crippen MR) is 87.0 cm³/mol. The van der Waals surface area contributed by atoms with E-state index in [9.17, 15) is 14.9 Å². The van der Waals surface area contributed by atoms with Crippen molar-refractivity contribution in [2.24, 2.45) is 5.41 Å². The maximum Gasteiger partial charge on any atom is 0.308 e. The Labute approximate surface area is 141 Å². The predicted octanol–water partition coefficient (Wildman–Crippen LogP) is 2.50. The summed E-state index contributed by atoms with van der Waals surface area (Å²) in [6, 6.07) is 9.01. The number of amides is 1. The molecule has 1 aliphatic rings. The van der Waals surface area contributed by atoms with E-state index in [1.54, 1.807) is 20.8 Å². The van der Waals surface area contributed by atoms with Crippen LogP contribution in [0.4, 0.5) is 0 Å². The third-order valence-electron chi connectivity index (χ3n) is 3.67. The number of rotatable bonds is 4. The number of nitrogens with one attached hydrogen (secondary N) is 1. The maximum absolute atomic E-state index is 12.6. The molecular weight excluding hydrogens is 308 g/mol. The van der Waals surface area contributed by atoms with Crippen LogP contribution in [-0.4, -0.2) is 24.1 Å². The van der Waals surface area contributed by atoms with Crippen molar-refractivity contribution < 1.29 is 19.1 Å². The summed E-state index contributed by atoms with van der Waals surface area (Å²) in [7, 11) is 0. The SMILES string of the molecule is CC(C)(C)OC(=O)C[C@](C)(C#N)C(=O)N[C@H]1COc2ccccc21. The topological polar surface area (TPSA) is 88.4 Å². The number of carbonyl (C=O) groups excluding carboxylic acids is 2. The number of carbonyl (C=O) groups is 2. The summed E-state index contributed by atoms with van der Waals surface area (Å²) in [5.74, 6) is -0.375. The molecule has 1 amide bonds. The lowest BCUT2D eigenvalue weighted by atomic mass is 9.87. The molecule has 0 fully saturated rings. The van der Waals surface area contributed by atoms with Crippen molar-refractivity contribution in [2.75, 3.05) is 6.61 Å². The Morgan fingerprint density at radius 1 is 1.33 bits per heavy atom. The third kappa shape index (κ3) is 4.05. The molecule has 1 aromatic carbocycles. The Bertz CT molecular complexity index is 687. The minimum absolute atomic E-state index is 0.304. The second-order valence-electron chi connectivity index (χ2n) is 7.08. The Morgan fingerprint density at radius 2 is 2.00 bits per heavy atom. The molecule has 6 nitrogen and oxygen atoms in total. The van der Waals surface area contributed by atoms with E-state index in [2.05, 4.69) is 5.32 Å². The fourth-order valence-electron chi connectivity index (χ4n) is 2.44. The number of hydrogen-bond acceptors (Lipinski definition) is 5. The Morgan fingerprint density at radius 3 is 2.62 bits per heavy atom. The van der Waals surface area contributed by atoms with Gasteiger partial charge in [0.25, 0.3) is 0 Å². The molecule has 2 atom stereocenters. The zero-order valence-electron chi connectivity index (χ0n) is 14.4. The van der Waals surface area contributed by atoms with Crippen molar-refractivity contribution >= 4 is 11.9 Å². The average molecular weight is 330 g/mol. The van der Waals surface area contributed by atoms with Crippen molar-refractivity contribution in [3.63, 3.8) is 0 Å². The van der Waals surface area contributed by atoms with Crippen molar-refractivity contribution in [1.82, 2.24) is 5.32 Å². The lowest BCUT2D eigenvalue weighted by Gasteiger charge is -2.25. The number of nitrogens with zero attached hydrogens (tertiary/aromatic N) is 1. The molecule has 1 heterocycles. The second kappa shape index (κ2) is 6.52. The van der Waals surface area contributed by atoms with Crippen LogP contribution in [0.15, 0.2) is 24.3 Å². The first-order chi connectivity index (χ1) is 11.1. The molecule has 0 spiro atoms. The van der Waals surface area contributed by atoms with Gasteiger partial charge in [0, 0.05) is 5.56 Å². The van der Waals surface area contributed by atoms with E-state index in [-0.39, 0.29) is 12.5 Å². The number of benzene rings is 1. The van der Waals surface area contributed by atoms with Crippen LogP contribution in [0.2, 0.25) is 0 Å². The number of para-hydroxylation sites is 1. The van der Waals surface area contributed by atoms with Gasteiger partial charge in [0.15, 0.2) is 0 Å². The van der Waals surface area contributed by atoms with Gasteiger partial charge in [-0.05, 0) is 33.8 Å². The number of ether oxygens (including phenoxy) is 2. The normalized spacial score (nSPS) is 18.5. The maximum atomic E-state index is 12.6. The second-order valence-corrected chi connectivity index (χ2v) is 7.08. The lowest BCUT2D eigenvalue weighted by molar-refractivity contribution is -0.158. The van der Waals surface area contributed by atoms with Gasteiger partial charge in [-0.1, -0.05) is 18.2 Å². The van der Waals surface area contributed by atoms with Gasteiger partial charge in [0.2, 0.25) is 5.91 Å². The van der Waals surface area contributed by atoms with E-state index in [1.807, 2.05) is 30.3 Å². The molecule has 0 bridgehead atoms. The minimum atomic E-state index is -1.50. The monoisotopic (exact) mass is 330 g/mol. The lowest BCUT2D eigenvalue weighted by Crippen LogP contribution is -2.42. The summed E-state index contributed by atoms with van der Waals surface area (Å²) < 4.78 is 10.7. The molecule has 1 aromatic rings. The smallest absolute Gasteiger partial charge is 0.308 e. The number of nitriles is 1. The van der Waals surface area contributed by atoms with Crippen molar-refractivity contribution in [3.8, 4) is 11.8 Å². The number of hydrogen-bond donors (Lipinski definition) is 1. The number of esters is 1. The van der Waals surface area contributed by atoms with Crippen LogP contribution < -0.4 is 10.1 Å². The zero-order valence-corrected chi connectivity index (χ0v) is 14.4. The summed E-state index contributed by atoms with van der Waals surface area (Å²) in [4.78, 5) is 24.6. The highest BCUT2D eigenvalue weighted by molar-refractivity contribution is 5.90. The Hall–Kier alpha value is -2.55. The first-order valence-corrected chi connectivity index (χ1v) is 7.80. The largest absolute Gasteiger partial charge is 0.491 e. The first-order valence-electron chi connectivity index (χ1n) is 7.80. The molecule has 24 heavy (non-hydrogen) atoms. The van der Waals surface area contributed by atoms with Gasteiger partial charge in [0.1, 0.15) is 23.4 Å². The van der Waals surface area contributed by atoms with Gasteiger partial charge in [-0.15, -0.1) is 0 Å². The van der Waals surface area contributed by atoms with Crippen molar-refractivity contribution in [2.45, 2.75) is 45.8 Å². The van der Waals surface area contributed by atoms with E-state index in [4.69, 9.17) is 9.47 Å². The quantitative estimate of drug-likeness (QED) is 0.857. The van der Waals surface area contributed by atoms with Crippen LogP contribution >= 0.6 is 0 Å². The van der Waals surface area contributed by atoms with E-state index >= 15 is 0 Å². The van der Waals surface area contributed by atoms with Gasteiger partial charge in [-0.3, -0.25) is 9.59 Å². The third-order valence-corrected chi connectivity index (χ3v) is 3.67. The summed E-state index contributed by atoms with van der Waals surface area (Å²) >= 11 is 0. The van der Waals surface area contributed by atoms with Crippen molar-refractivity contribution in [1.29, 1.82) is 5.26 Å². The van der Waals surface area contributed by atoms with E-state index in [0.29, 0.717) is 12.4 Å². The molecular formula is C18H22N2O4. The van der Waals surface area contributed by atoms with Crippen LogP contribution in [0.1, 0.15) is 45.7 Å². The number of fused-ring (bicyclic) bond motifs is 1. The van der Waals surface area contributed by atoms with Crippen LogP contribution in [0.3, 0.4) is 0 Å². The van der Waals surface area contributed by atoms with Crippen LogP contribution in [0.5, 0.6) is 5.75 Å². The summed E-state index contributed by atoms with van der Waals surface area (Å²) in [6.45, 7) is 6.96. The average Bonchev–Trinajstić information content (AvgIpc) is 2.88. The molecule has 0 radical (unpaired) electrons. The standard InChI is InChI=1S/C18H22N2O4/c1-17(2,3)24-15(21)9-18(4,11-19)16(22)20-13-10-23-14-8-6-5-7-12(13)14/h5-8,13H,9-10H2,1-4H3,(H,20,22)/t13-,18+/m0/s1. The van der Waals surface area contributed by atoms with Crippen LogP contribution in [0, 0.1) is 16.7 Å². The van der Waals surface area contributed by atoms with E-state index < -0.39 is 22.9 Å². The fourth-order valence-corrected chi connectivity index (χ4v) is 2.44. The molecule has 0 aliphatic carbocycles. The molecule has 0 saturated heterocycles. The summed E-state index contributed by atoms with van der Waals surface area (Å²) in [5, 5.41) is 12.2. The highest BCUT2D eigenvalue weighted by Gasteiger charge is 2.39. The van der Waals surface area contributed by atoms with E-state index in [1.165, 1.54) is 6.92 Å². The molecule has 2 rings (SSSR count). The Balaban J connectivity index is 2.06. The van der Waals surface area contributed by atoms with Gasteiger partial charge in [0.05, 0.1) is 18.5 Å². The zero-order chi connectivity index (χ0) is 18.0. The molecule has 6 heteroatoms. The fraction of sp³-hybridized carbons (Fsp3) is 0.500. The highest BCUT2D eigenvalue weighted by atomic mass is 16.6. The molecule has 128 valence electrons. The molecule has 1 N–H and O–H groups in total. The van der Waals surface area contributed by atoms with Crippen LogP contribution in [-0.2, 0) is 14.3 Å². The van der Waals surface area contributed by atoms with Crippen molar-refractivity contribution in [3.05, 3.63) is 29.8 Å². The summed E-state index contributed by atoms with van der Waals surface area (Å²) in [6.07, 6.45) is -0.304. The van der Waals surface area contributed by atoms with Crippen LogP contribution in [0.25, 0.3) is 0 Å². The first kappa shape index (κ1) is 17.8. The van der Waals surface area contributed by atoms with Gasteiger partial charge in [-0.25, -0.2) is 0 Å². The van der Waals surface area contributed by atoms with Gasteiger partial charge in [-0.2, -0.15) is 5.26 Å².